The molecule has 3 rings (SSSR count). The predicted octanol–water partition coefficient (Wildman–Crippen LogP) is 1.18. The standard InChI is InChI=1S/C14H19N3OS/c18-14-10-19-13-2-1-11(9-12(13)16-14)3-6-17-7-4-15-5-8-17/h1-2,9,15H,3-8,10H2,(H,16,18). The summed E-state index contributed by atoms with van der Waals surface area (Å²) in [5.74, 6) is 0.643. The molecular formula is C14H19N3OS. The van der Waals surface area contributed by atoms with E-state index in [1.54, 1.807) is 11.8 Å². The zero-order chi connectivity index (χ0) is 13.1. The predicted molar refractivity (Wildman–Crippen MR) is 78.8 cm³/mol. The minimum atomic E-state index is 0.108. The van der Waals surface area contributed by atoms with Crippen LogP contribution in [0.2, 0.25) is 0 Å². The number of nitrogens with zero attached hydrogens (tertiary/aromatic N) is 1. The number of rotatable bonds is 3. The molecule has 5 heteroatoms. The van der Waals surface area contributed by atoms with Gasteiger partial charge in [0.25, 0.3) is 0 Å². The quantitative estimate of drug-likeness (QED) is 0.871. The highest BCUT2D eigenvalue weighted by atomic mass is 32.2. The lowest BCUT2D eigenvalue weighted by Crippen LogP contribution is -2.44. The molecule has 0 aromatic heterocycles. The minimum absolute atomic E-state index is 0.108. The van der Waals surface area contributed by atoms with Gasteiger partial charge in [0.05, 0.1) is 11.4 Å². The molecule has 0 atom stereocenters. The van der Waals surface area contributed by atoms with Gasteiger partial charge in [-0.2, -0.15) is 0 Å². The molecule has 0 saturated carbocycles. The number of anilines is 1. The molecule has 1 aromatic carbocycles. The first-order valence-electron chi connectivity index (χ1n) is 6.80. The van der Waals surface area contributed by atoms with Crippen molar-refractivity contribution in [2.45, 2.75) is 11.3 Å². The molecule has 2 aliphatic heterocycles. The first-order chi connectivity index (χ1) is 9.31. The van der Waals surface area contributed by atoms with Crippen LogP contribution >= 0.6 is 11.8 Å². The van der Waals surface area contributed by atoms with Gasteiger partial charge in [-0.1, -0.05) is 6.07 Å². The Kier molecular flexibility index (Phi) is 4.06. The Bertz CT molecular complexity index is 472. The number of fused-ring (bicyclic) bond motifs is 1. The zero-order valence-electron chi connectivity index (χ0n) is 10.9. The molecule has 0 radical (unpaired) electrons. The second-order valence-corrected chi connectivity index (χ2v) is 6.03. The molecule has 102 valence electrons. The van der Waals surface area contributed by atoms with E-state index in [4.69, 9.17) is 0 Å². The van der Waals surface area contributed by atoms with Crippen molar-refractivity contribution in [1.29, 1.82) is 0 Å². The number of carbonyl (C=O) groups excluding carboxylic acids is 1. The number of piperazine rings is 1. The van der Waals surface area contributed by atoms with Crippen molar-refractivity contribution in [1.82, 2.24) is 10.2 Å². The number of benzene rings is 1. The summed E-state index contributed by atoms with van der Waals surface area (Å²) in [7, 11) is 0. The first kappa shape index (κ1) is 13.0. The number of hydrogen-bond donors (Lipinski definition) is 2. The van der Waals surface area contributed by atoms with Crippen molar-refractivity contribution < 1.29 is 4.79 Å². The van der Waals surface area contributed by atoms with Gasteiger partial charge in [0, 0.05) is 37.6 Å². The lowest BCUT2D eigenvalue weighted by atomic mass is 10.1. The molecule has 19 heavy (non-hydrogen) atoms. The van der Waals surface area contributed by atoms with E-state index in [2.05, 4.69) is 33.7 Å². The summed E-state index contributed by atoms with van der Waals surface area (Å²) in [5.41, 5.74) is 2.29. The maximum Gasteiger partial charge on any atom is 0.234 e. The van der Waals surface area contributed by atoms with Gasteiger partial charge in [0.15, 0.2) is 0 Å². The Labute approximate surface area is 117 Å². The molecule has 2 N–H and O–H groups in total. The molecule has 1 amide bonds. The highest BCUT2D eigenvalue weighted by Gasteiger charge is 2.15. The summed E-state index contributed by atoms with van der Waals surface area (Å²) >= 11 is 1.62. The molecule has 2 aliphatic rings. The third kappa shape index (κ3) is 3.29. The maximum atomic E-state index is 11.4. The first-order valence-corrected chi connectivity index (χ1v) is 7.78. The van der Waals surface area contributed by atoms with Crippen LogP contribution in [0.25, 0.3) is 0 Å². The number of nitrogens with one attached hydrogen (secondary N) is 2. The molecule has 1 fully saturated rings. The fourth-order valence-electron chi connectivity index (χ4n) is 2.51. The molecule has 2 heterocycles. The lowest BCUT2D eigenvalue weighted by Gasteiger charge is -2.27. The minimum Gasteiger partial charge on any atom is -0.324 e. The lowest BCUT2D eigenvalue weighted by molar-refractivity contribution is -0.113. The van der Waals surface area contributed by atoms with Crippen molar-refractivity contribution in [3.63, 3.8) is 0 Å². The van der Waals surface area contributed by atoms with Crippen LogP contribution < -0.4 is 10.6 Å². The van der Waals surface area contributed by atoms with Gasteiger partial charge in [0.2, 0.25) is 5.91 Å². The summed E-state index contributed by atoms with van der Waals surface area (Å²) in [6, 6.07) is 6.44. The highest BCUT2D eigenvalue weighted by Crippen LogP contribution is 2.32. The van der Waals surface area contributed by atoms with E-state index < -0.39 is 0 Å². The van der Waals surface area contributed by atoms with Crippen LogP contribution in [0, 0.1) is 0 Å². The van der Waals surface area contributed by atoms with Gasteiger partial charge < -0.3 is 15.5 Å². The van der Waals surface area contributed by atoms with Crippen LogP contribution in [0.3, 0.4) is 0 Å². The summed E-state index contributed by atoms with van der Waals surface area (Å²) in [5, 5.41) is 6.32. The van der Waals surface area contributed by atoms with E-state index in [1.807, 2.05) is 0 Å². The fraction of sp³-hybridized carbons (Fsp3) is 0.500. The van der Waals surface area contributed by atoms with Crippen molar-refractivity contribution in [2.75, 3.05) is 43.8 Å². The van der Waals surface area contributed by atoms with Crippen LogP contribution in [0.15, 0.2) is 23.1 Å². The monoisotopic (exact) mass is 277 g/mol. The number of hydrogen-bond acceptors (Lipinski definition) is 4. The van der Waals surface area contributed by atoms with Gasteiger partial charge in [-0.15, -0.1) is 11.8 Å². The van der Waals surface area contributed by atoms with E-state index in [1.165, 1.54) is 10.5 Å². The molecule has 4 nitrogen and oxygen atoms in total. The average molecular weight is 277 g/mol. The molecule has 1 saturated heterocycles. The van der Waals surface area contributed by atoms with Gasteiger partial charge in [-0.05, 0) is 24.1 Å². The Morgan fingerprint density at radius 1 is 1.26 bits per heavy atom. The van der Waals surface area contributed by atoms with Crippen molar-refractivity contribution in [3.05, 3.63) is 23.8 Å². The van der Waals surface area contributed by atoms with Crippen molar-refractivity contribution in [2.24, 2.45) is 0 Å². The topological polar surface area (TPSA) is 44.4 Å². The summed E-state index contributed by atoms with van der Waals surface area (Å²) < 4.78 is 0. The third-order valence-electron chi connectivity index (χ3n) is 3.60. The Morgan fingerprint density at radius 3 is 2.95 bits per heavy atom. The third-order valence-corrected chi connectivity index (χ3v) is 4.68. The van der Waals surface area contributed by atoms with Gasteiger partial charge in [-0.3, -0.25) is 4.79 Å². The van der Waals surface area contributed by atoms with Crippen molar-refractivity contribution in [3.8, 4) is 0 Å². The van der Waals surface area contributed by atoms with Crippen molar-refractivity contribution >= 4 is 23.4 Å². The number of amides is 1. The SMILES string of the molecule is O=C1CSc2ccc(CCN3CCNCC3)cc2N1. The number of thioether (sulfide) groups is 1. The molecule has 0 bridgehead atoms. The van der Waals surface area contributed by atoms with E-state index in [9.17, 15) is 4.79 Å². The van der Waals surface area contributed by atoms with Crippen LogP contribution in [-0.4, -0.2) is 49.3 Å². The van der Waals surface area contributed by atoms with Crippen LogP contribution in [-0.2, 0) is 11.2 Å². The molecular weight excluding hydrogens is 258 g/mol. The van der Waals surface area contributed by atoms with Gasteiger partial charge in [0.1, 0.15) is 0 Å². The van der Waals surface area contributed by atoms with Gasteiger partial charge in [-0.25, -0.2) is 0 Å². The van der Waals surface area contributed by atoms with Crippen LogP contribution in [0.1, 0.15) is 5.56 Å². The highest BCUT2D eigenvalue weighted by molar-refractivity contribution is 8.00. The zero-order valence-corrected chi connectivity index (χ0v) is 11.8. The second-order valence-electron chi connectivity index (χ2n) is 5.01. The van der Waals surface area contributed by atoms with E-state index in [0.717, 1.165) is 44.8 Å². The fourth-order valence-corrected chi connectivity index (χ4v) is 3.30. The Morgan fingerprint density at radius 2 is 2.11 bits per heavy atom. The molecule has 1 aromatic rings. The maximum absolute atomic E-state index is 11.4. The molecule has 0 spiro atoms. The largest absolute Gasteiger partial charge is 0.324 e. The molecule has 0 unspecified atom stereocenters. The van der Waals surface area contributed by atoms with E-state index in [0.29, 0.717) is 5.75 Å². The van der Waals surface area contributed by atoms with Crippen LogP contribution in [0.5, 0.6) is 0 Å². The second kappa shape index (κ2) is 5.94. The number of carbonyl (C=O) groups is 1. The van der Waals surface area contributed by atoms with E-state index >= 15 is 0 Å². The Balaban J connectivity index is 1.61. The average Bonchev–Trinajstić information content (AvgIpc) is 2.46. The van der Waals surface area contributed by atoms with Gasteiger partial charge >= 0.3 is 0 Å². The van der Waals surface area contributed by atoms with Crippen LogP contribution in [0.4, 0.5) is 5.69 Å². The Hall–Kier alpha value is -1.04. The summed E-state index contributed by atoms with van der Waals surface area (Å²) in [6.07, 6.45) is 1.05. The summed E-state index contributed by atoms with van der Waals surface area (Å²) in [6.45, 7) is 5.56. The smallest absolute Gasteiger partial charge is 0.234 e. The summed E-state index contributed by atoms with van der Waals surface area (Å²) in [4.78, 5) is 15.1. The molecule has 0 aliphatic carbocycles. The normalized spacial score (nSPS) is 19.9. The van der Waals surface area contributed by atoms with E-state index in [-0.39, 0.29) is 5.91 Å².